The Morgan fingerprint density at radius 2 is 1.70 bits per heavy atom. The van der Waals surface area contributed by atoms with Crippen LogP contribution in [0, 0.1) is 0 Å². The topological polar surface area (TPSA) is 53.0 Å². The maximum atomic E-state index is 11.5. The van der Waals surface area contributed by atoms with E-state index < -0.39 is 6.09 Å². The molecule has 0 unspecified atom stereocenters. The maximum absolute atomic E-state index is 11.5. The summed E-state index contributed by atoms with van der Waals surface area (Å²) in [5, 5.41) is 9.47. The second-order valence-electron chi connectivity index (χ2n) is 6.93. The third kappa shape index (κ3) is 3.64. The molecule has 0 aromatic carbocycles. The number of hydrogen-bond donors (Lipinski definition) is 1. The van der Waals surface area contributed by atoms with Gasteiger partial charge in [0.2, 0.25) is 0 Å². The van der Waals surface area contributed by atoms with Gasteiger partial charge in [0.15, 0.2) is 0 Å². The molecular formula is C15H28N2O3. The number of rotatable bonds is 2. The maximum Gasteiger partial charge on any atom is 0.407 e. The van der Waals surface area contributed by atoms with E-state index in [2.05, 4.69) is 4.90 Å². The molecule has 1 amide bonds. The van der Waals surface area contributed by atoms with Crippen molar-refractivity contribution < 1.29 is 14.6 Å². The molecule has 2 fully saturated rings. The third-order valence-electron chi connectivity index (χ3n) is 4.50. The van der Waals surface area contributed by atoms with Crippen LogP contribution in [0.3, 0.4) is 0 Å². The third-order valence-corrected chi connectivity index (χ3v) is 4.50. The molecule has 0 atom stereocenters. The summed E-state index contributed by atoms with van der Waals surface area (Å²) >= 11 is 0. The minimum absolute atomic E-state index is 0.156. The molecule has 2 aliphatic heterocycles. The fraction of sp³-hybridized carbons (Fsp3) is 0.933. The first-order valence-electron chi connectivity index (χ1n) is 7.73. The summed E-state index contributed by atoms with van der Waals surface area (Å²) in [6.45, 7) is 9.69. The second-order valence-corrected chi connectivity index (χ2v) is 6.93. The van der Waals surface area contributed by atoms with Gasteiger partial charge in [-0.05, 0) is 46.5 Å². The van der Waals surface area contributed by atoms with Gasteiger partial charge in [-0.2, -0.15) is 0 Å². The van der Waals surface area contributed by atoms with Crippen LogP contribution in [0.4, 0.5) is 4.79 Å². The first kappa shape index (κ1) is 15.6. The Morgan fingerprint density at radius 3 is 2.15 bits per heavy atom. The molecule has 0 saturated carbocycles. The van der Waals surface area contributed by atoms with E-state index in [-0.39, 0.29) is 11.6 Å². The van der Waals surface area contributed by atoms with E-state index in [1.54, 1.807) is 4.90 Å². The molecule has 0 aromatic rings. The zero-order chi connectivity index (χ0) is 14.8. The minimum atomic E-state index is -0.790. The SMILES string of the molecule is CC(C)(C)N(C(=O)O)C1CCN(C2CCOCC2)CC1. The van der Waals surface area contributed by atoms with Crippen LogP contribution in [0.2, 0.25) is 0 Å². The summed E-state index contributed by atoms with van der Waals surface area (Å²) in [5.41, 5.74) is -0.322. The van der Waals surface area contributed by atoms with Gasteiger partial charge < -0.3 is 19.6 Å². The van der Waals surface area contributed by atoms with Crippen molar-refractivity contribution in [2.75, 3.05) is 26.3 Å². The Morgan fingerprint density at radius 1 is 1.15 bits per heavy atom. The number of carboxylic acid groups (broad SMARTS) is 1. The Bertz CT molecular complexity index is 327. The van der Waals surface area contributed by atoms with Gasteiger partial charge in [0.25, 0.3) is 0 Å². The lowest BCUT2D eigenvalue weighted by Gasteiger charge is -2.45. The standard InChI is InChI=1S/C15H28N2O3/c1-15(2,3)17(14(18)19)13-4-8-16(9-5-13)12-6-10-20-11-7-12/h12-13H,4-11H2,1-3H3,(H,18,19). The zero-order valence-corrected chi connectivity index (χ0v) is 13.0. The fourth-order valence-corrected chi connectivity index (χ4v) is 3.55. The van der Waals surface area contributed by atoms with Crippen LogP contribution in [-0.2, 0) is 4.74 Å². The van der Waals surface area contributed by atoms with Crippen molar-refractivity contribution in [1.29, 1.82) is 0 Å². The summed E-state index contributed by atoms with van der Waals surface area (Å²) in [7, 11) is 0. The van der Waals surface area contributed by atoms with Gasteiger partial charge in [-0.1, -0.05) is 0 Å². The smallest absolute Gasteiger partial charge is 0.407 e. The van der Waals surface area contributed by atoms with Crippen LogP contribution in [0.1, 0.15) is 46.5 Å². The van der Waals surface area contributed by atoms with Crippen LogP contribution in [0.5, 0.6) is 0 Å². The highest BCUT2D eigenvalue weighted by Gasteiger charge is 2.36. The molecule has 2 saturated heterocycles. The highest BCUT2D eigenvalue weighted by molar-refractivity contribution is 5.66. The molecule has 0 aliphatic carbocycles. The summed E-state index contributed by atoms with van der Waals surface area (Å²) in [6, 6.07) is 0.793. The summed E-state index contributed by atoms with van der Waals surface area (Å²) < 4.78 is 5.41. The predicted octanol–water partition coefficient (Wildman–Crippen LogP) is 2.41. The van der Waals surface area contributed by atoms with Crippen molar-refractivity contribution in [3.05, 3.63) is 0 Å². The molecule has 0 bridgehead atoms. The van der Waals surface area contributed by atoms with E-state index >= 15 is 0 Å². The van der Waals surface area contributed by atoms with Crippen LogP contribution in [-0.4, -0.2) is 64.9 Å². The predicted molar refractivity (Wildman–Crippen MR) is 78.1 cm³/mol. The summed E-state index contributed by atoms with van der Waals surface area (Å²) in [5.74, 6) is 0. The van der Waals surface area contributed by atoms with Crippen LogP contribution < -0.4 is 0 Å². The minimum Gasteiger partial charge on any atom is -0.465 e. The molecule has 1 N–H and O–H groups in total. The summed E-state index contributed by atoms with van der Waals surface area (Å²) in [4.78, 5) is 15.7. The molecule has 2 heterocycles. The van der Waals surface area contributed by atoms with Crippen molar-refractivity contribution in [3.8, 4) is 0 Å². The van der Waals surface area contributed by atoms with E-state index in [9.17, 15) is 9.90 Å². The van der Waals surface area contributed by atoms with Gasteiger partial charge in [-0.25, -0.2) is 4.79 Å². The normalized spacial score (nSPS) is 23.8. The number of ether oxygens (including phenoxy) is 1. The average molecular weight is 284 g/mol. The molecule has 2 rings (SSSR count). The largest absolute Gasteiger partial charge is 0.465 e. The molecule has 20 heavy (non-hydrogen) atoms. The number of amides is 1. The molecule has 5 nitrogen and oxygen atoms in total. The molecular weight excluding hydrogens is 256 g/mol. The Balaban J connectivity index is 1.91. The van der Waals surface area contributed by atoms with E-state index in [0.717, 1.165) is 52.0 Å². The van der Waals surface area contributed by atoms with Gasteiger partial charge in [-0.3, -0.25) is 0 Å². The van der Waals surface area contributed by atoms with Gasteiger partial charge >= 0.3 is 6.09 Å². The number of hydrogen-bond acceptors (Lipinski definition) is 3. The number of nitrogens with zero attached hydrogens (tertiary/aromatic N) is 2. The number of likely N-dealkylation sites (tertiary alicyclic amines) is 1. The first-order chi connectivity index (χ1) is 9.39. The molecule has 5 heteroatoms. The van der Waals surface area contributed by atoms with Gasteiger partial charge in [-0.15, -0.1) is 0 Å². The molecule has 0 aromatic heterocycles. The lowest BCUT2D eigenvalue weighted by molar-refractivity contribution is 0.00234. The van der Waals surface area contributed by atoms with Gasteiger partial charge in [0, 0.05) is 43.9 Å². The van der Waals surface area contributed by atoms with Crippen molar-refractivity contribution in [2.45, 2.75) is 64.1 Å². The first-order valence-corrected chi connectivity index (χ1v) is 7.73. The Hall–Kier alpha value is -0.810. The van der Waals surface area contributed by atoms with Crippen molar-refractivity contribution in [2.24, 2.45) is 0 Å². The lowest BCUT2D eigenvalue weighted by Crippen LogP contribution is -2.56. The highest BCUT2D eigenvalue weighted by Crippen LogP contribution is 2.27. The van der Waals surface area contributed by atoms with Crippen LogP contribution >= 0.6 is 0 Å². The Labute approximate surface area is 121 Å². The highest BCUT2D eigenvalue weighted by atomic mass is 16.5. The van der Waals surface area contributed by atoms with Gasteiger partial charge in [0.05, 0.1) is 0 Å². The van der Waals surface area contributed by atoms with E-state index in [0.29, 0.717) is 6.04 Å². The van der Waals surface area contributed by atoms with Crippen LogP contribution in [0.15, 0.2) is 0 Å². The van der Waals surface area contributed by atoms with E-state index in [1.165, 1.54) is 0 Å². The van der Waals surface area contributed by atoms with Crippen molar-refractivity contribution in [3.63, 3.8) is 0 Å². The zero-order valence-electron chi connectivity index (χ0n) is 13.0. The molecule has 0 spiro atoms. The summed E-state index contributed by atoms with van der Waals surface area (Å²) in [6.07, 6.45) is 3.34. The second kappa shape index (κ2) is 6.31. The quantitative estimate of drug-likeness (QED) is 0.846. The van der Waals surface area contributed by atoms with Gasteiger partial charge in [0.1, 0.15) is 0 Å². The lowest BCUT2D eigenvalue weighted by atomic mass is 9.95. The van der Waals surface area contributed by atoms with E-state index in [1.807, 2.05) is 20.8 Å². The molecule has 116 valence electrons. The number of carbonyl (C=O) groups is 1. The van der Waals surface area contributed by atoms with Crippen LogP contribution in [0.25, 0.3) is 0 Å². The van der Waals surface area contributed by atoms with E-state index in [4.69, 9.17) is 4.74 Å². The fourth-order valence-electron chi connectivity index (χ4n) is 3.55. The van der Waals surface area contributed by atoms with Crippen molar-refractivity contribution >= 4 is 6.09 Å². The molecule has 0 radical (unpaired) electrons. The number of piperidine rings is 1. The Kier molecular flexibility index (Phi) is 4.91. The van der Waals surface area contributed by atoms with Crippen molar-refractivity contribution in [1.82, 2.24) is 9.80 Å². The average Bonchev–Trinajstić information content (AvgIpc) is 2.38. The monoisotopic (exact) mass is 284 g/mol. The molecule has 2 aliphatic rings.